The number of rotatable bonds is 6. The molecule has 13 heteroatoms. The van der Waals surface area contributed by atoms with Crippen LogP contribution in [0.3, 0.4) is 0 Å². The highest BCUT2D eigenvalue weighted by atomic mass is 35.5. The number of piperazine rings is 2. The third-order valence-electron chi connectivity index (χ3n) is 31.7. The molecule has 93 heavy (non-hydrogen) atoms. The highest BCUT2D eigenvalue weighted by molar-refractivity contribution is 6.64. The van der Waals surface area contributed by atoms with E-state index in [-0.39, 0.29) is 59.4 Å². The van der Waals surface area contributed by atoms with Crippen LogP contribution in [0.4, 0.5) is 11.4 Å². The predicted molar refractivity (Wildman–Crippen MR) is 386 cm³/mol. The molecule has 0 bridgehead atoms. The van der Waals surface area contributed by atoms with E-state index in [4.69, 9.17) is 58.0 Å². The van der Waals surface area contributed by atoms with E-state index < -0.39 is 0 Å². The second-order valence-electron chi connectivity index (χ2n) is 35.5. The minimum Gasteiger partial charge on any atom is -0.369 e. The fraction of sp³-hybridized carbons (Fsp3) is 0.750. The summed E-state index contributed by atoms with van der Waals surface area (Å²) < 4.78 is 0. The van der Waals surface area contributed by atoms with Gasteiger partial charge in [-0.05, 0) is 269 Å². The van der Waals surface area contributed by atoms with Crippen molar-refractivity contribution in [3.05, 3.63) is 80.8 Å². The lowest BCUT2D eigenvalue weighted by atomic mass is 9.32. The molecule has 12 aliphatic rings. The van der Waals surface area contributed by atoms with Gasteiger partial charge in [-0.3, -0.25) is 19.2 Å². The van der Waals surface area contributed by atoms with Gasteiger partial charge in [0.25, 0.3) is 0 Å². The summed E-state index contributed by atoms with van der Waals surface area (Å²) in [7, 11) is 0. The number of nitrogens with one attached hydrogen (secondary N) is 1. The molecule has 512 valence electrons. The van der Waals surface area contributed by atoms with E-state index in [0.717, 1.165) is 147 Å². The van der Waals surface area contributed by atoms with E-state index in [1.807, 2.05) is 36.4 Å². The van der Waals surface area contributed by atoms with Gasteiger partial charge >= 0.3 is 0 Å². The zero-order chi connectivity index (χ0) is 67.2. The summed E-state index contributed by atoms with van der Waals surface area (Å²) in [6.07, 6.45) is 21.6. The number of nitrogens with zero attached hydrogens (tertiary/aromatic N) is 3. The quantitative estimate of drug-likeness (QED) is 0.228. The molecule has 2 heterocycles. The van der Waals surface area contributed by atoms with Crippen molar-refractivity contribution >= 4 is 92.1 Å². The normalized spacial score (nSPS) is 42.7. The SMILES string of the molecule is C=C(C)[C@@H]1CC[C@]2(C(=O)Cl)CC[C@]3(C)C(CC[C@@H]4[C@@]5(C)CCC(=O)C(C)(C)C5CC[C@]43C)[C@@H]12.C=C(C)[C@@H]1CC[C@]2(C(=O)N3CCN(c4ccc(Cl)c(Cl)c4)CC3)CC[C@]3(C)C(CC[C@@H]4[C@@]5(C)CCC(=O)C(C)(C)C5CC[C@]43C)[C@@H]12.Clc1ccc(N2CCNCC2)cc1Cl. The third kappa shape index (κ3) is 10.8. The standard InChI is InChI=1S/C40H56Cl2N2O2.C30H45ClO2.C10H12Cl2N2/c1-25(2)27-12-17-40(35(46)44-22-20-43(21-23-44)26-8-10-29(41)30(42)24-26)19-18-38(6)28(34(27)40)9-11-32-37(5)15-14-33(45)36(3,4)31(37)13-16-39(32,38)7;1-18(2)19-10-15-30(25(31)33)17-16-28(6)20(24(19)30)8-9-22-27(5)13-12-23(32)26(3,4)21(27)11-14-29(22,28)7;11-9-2-1-8(7-10(9)12)14-5-3-13-4-6-14/h8,10,24,27-28,31-32,34H,1,9,11-23H2,2-7H3;19-22,24H,1,8-17H2,2-7H3;1-2,7,13H,3-6H2/t27-,28?,31?,32+,34+,37-,38+,39+,40-;19-,20?,21?,22+,24+,27-,28+,29+,30-;/m00./s1. The summed E-state index contributed by atoms with van der Waals surface area (Å²) in [5.74, 6) is 6.28. The van der Waals surface area contributed by atoms with E-state index in [1.165, 1.54) is 56.1 Å². The molecular weight excluding hydrogens is 1260 g/mol. The smallest absolute Gasteiger partial charge is 0.229 e. The van der Waals surface area contributed by atoms with Gasteiger partial charge < -0.3 is 20.0 Å². The highest BCUT2D eigenvalue weighted by Gasteiger charge is 2.74. The van der Waals surface area contributed by atoms with Crippen LogP contribution in [0, 0.1) is 113 Å². The Morgan fingerprint density at radius 3 is 1.29 bits per heavy atom. The largest absolute Gasteiger partial charge is 0.369 e. The van der Waals surface area contributed by atoms with Crippen LogP contribution in [0.25, 0.3) is 0 Å². The van der Waals surface area contributed by atoms with Gasteiger partial charge in [-0.1, -0.05) is 140 Å². The molecule has 1 N–H and O–H groups in total. The fourth-order valence-corrected chi connectivity index (χ4v) is 27.3. The first-order chi connectivity index (χ1) is 43.6. The minimum absolute atomic E-state index is 0.0752. The molecule has 2 aromatic rings. The molecule has 1 amide bonds. The Kier molecular flexibility index (Phi) is 18.8. The Bertz CT molecular complexity index is 3300. The fourth-order valence-electron chi connectivity index (χ4n) is 26.4. The van der Waals surface area contributed by atoms with E-state index in [0.29, 0.717) is 96.7 Å². The topological polar surface area (TPSA) is 90.0 Å². The van der Waals surface area contributed by atoms with Crippen molar-refractivity contribution in [1.29, 1.82) is 0 Å². The van der Waals surface area contributed by atoms with Gasteiger partial charge in [-0.15, -0.1) is 0 Å². The number of anilines is 2. The number of carbonyl (C=O) groups is 4. The number of hydrogen-bond acceptors (Lipinski definition) is 7. The first-order valence-electron chi connectivity index (χ1n) is 36.6. The van der Waals surface area contributed by atoms with Crippen molar-refractivity contribution in [1.82, 2.24) is 10.2 Å². The molecule has 0 radical (unpaired) electrons. The van der Waals surface area contributed by atoms with E-state index >= 15 is 0 Å². The minimum atomic E-state index is -0.334. The van der Waals surface area contributed by atoms with Crippen LogP contribution in [0.2, 0.25) is 20.1 Å². The Morgan fingerprint density at radius 1 is 0.462 bits per heavy atom. The lowest BCUT2D eigenvalue weighted by molar-refractivity contribution is -0.234. The molecule has 8 nitrogen and oxygen atoms in total. The summed E-state index contributed by atoms with van der Waals surface area (Å²) in [4.78, 5) is 60.8. The number of ketones is 2. The molecule has 2 aliphatic heterocycles. The molecule has 12 fully saturated rings. The first kappa shape index (κ1) is 70.3. The van der Waals surface area contributed by atoms with Crippen molar-refractivity contribution in [2.75, 3.05) is 62.2 Å². The Hall–Kier alpha value is -2.59. The Labute approximate surface area is 585 Å². The second kappa shape index (κ2) is 24.9. The maximum Gasteiger partial charge on any atom is 0.229 e. The van der Waals surface area contributed by atoms with E-state index in [9.17, 15) is 19.2 Å². The summed E-state index contributed by atoms with van der Waals surface area (Å²) in [6.45, 7) is 45.1. The summed E-state index contributed by atoms with van der Waals surface area (Å²) >= 11 is 30.8. The van der Waals surface area contributed by atoms with Gasteiger partial charge in [0.1, 0.15) is 11.6 Å². The number of Topliss-reactive ketones (excluding diaryl/α,β-unsaturated/α-hetero) is 2. The van der Waals surface area contributed by atoms with Crippen LogP contribution in [-0.2, 0) is 19.2 Å². The molecule has 14 rings (SSSR count). The summed E-state index contributed by atoms with van der Waals surface area (Å²) in [5.41, 5.74) is 5.05. The van der Waals surface area contributed by atoms with Crippen LogP contribution in [0.5, 0.6) is 0 Å². The maximum absolute atomic E-state index is 15.0. The van der Waals surface area contributed by atoms with Crippen molar-refractivity contribution in [3.8, 4) is 0 Å². The van der Waals surface area contributed by atoms with Gasteiger partial charge in [0.15, 0.2) is 0 Å². The lowest BCUT2D eigenvalue weighted by Gasteiger charge is -2.72. The Balaban J connectivity index is 0.000000153. The van der Waals surface area contributed by atoms with Crippen molar-refractivity contribution < 1.29 is 19.2 Å². The van der Waals surface area contributed by atoms with Crippen LogP contribution in [0.15, 0.2) is 60.7 Å². The maximum atomic E-state index is 15.0. The Morgan fingerprint density at radius 2 is 0.871 bits per heavy atom. The van der Waals surface area contributed by atoms with Crippen LogP contribution in [-0.4, -0.2) is 80.0 Å². The van der Waals surface area contributed by atoms with Gasteiger partial charge in [0.2, 0.25) is 11.1 Å². The molecule has 0 spiro atoms. The number of amides is 1. The van der Waals surface area contributed by atoms with Crippen molar-refractivity contribution in [2.24, 2.45) is 113 Å². The number of carbonyl (C=O) groups excluding carboxylic acids is 4. The lowest BCUT2D eigenvalue weighted by Crippen LogP contribution is -2.67. The average molecular weight is 1370 g/mol. The van der Waals surface area contributed by atoms with Gasteiger partial charge in [-0.25, -0.2) is 0 Å². The van der Waals surface area contributed by atoms with E-state index in [2.05, 4.69) is 116 Å². The monoisotopic (exact) mass is 1370 g/mol. The molecule has 10 saturated carbocycles. The average Bonchev–Trinajstić information content (AvgIpc) is 1.61. The number of fused-ring (bicyclic) bond motifs is 14. The third-order valence-corrected chi connectivity index (χ3v) is 33.5. The molecule has 2 aromatic carbocycles. The number of benzene rings is 2. The zero-order valence-electron chi connectivity index (χ0n) is 58.8. The van der Waals surface area contributed by atoms with Crippen LogP contribution < -0.4 is 15.1 Å². The van der Waals surface area contributed by atoms with Gasteiger partial charge in [0, 0.05) is 92.8 Å². The predicted octanol–water partition coefficient (Wildman–Crippen LogP) is 20.3. The van der Waals surface area contributed by atoms with E-state index in [1.54, 1.807) is 0 Å². The van der Waals surface area contributed by atoms with Gasteiger partial charge in [-0.2, -0.15) is 0 Å². The number of hydrogen-bond donors (Lipinski definition) is 1. The van der Waals surface area contributed by atoms with Gasteiger partial charge in [0.05, 0.1) is 25.5 Å². The number of halogens is 5. The molecule has 10 aliphatic carbocycles. The molecular formula is C80H113Cl5N4O4. The second-order valence-corrected chi connectivity index (χ2v) is 37.4. The highest BCUT2D eigenvalue weighted by Crippen LogP contribution is 2.80. The molecule has 2 saturated heterocycles. The molecule has 4 unspecified atom stereocenters. The van der Waals surface area contributed by atoms with Crippen molar-refractivity contribution in [3.63, 3.8) is 0 Å². The summed E-state index contributed by atoms with van der Waals surface area (Å²) in [6, 6.07) is 11.6. The first-order valence-corrected chi connectivity index (χ1v) is 38.5. The zero-order valence-corrected chi connectivity index (χ0v) is 62.6. The number of allylic oxidation sites excluding steroid dienone is 2. The van der Waals surface area contributed by atoms with Crippen LogP contribution in [0.1, 0.15) is 212 Å². The van der Waals surface area contributed by atoms with Crippen LogP contribution >= 0.6 is 58.0 Å². The van der Waals surface area contributed by atoms with Crippen molar-refractivity contribution in [2.45, 2.75) is 212 Å². The molecule has 18 atom stereocenters. The molecule has 0 aromatic heterocycles. The summed E-state index contributed by atoms with van der Waals surface area (Å²) in [5, 5.41) is 5.63.